The molecular weight excluding hydrogens is 435 g/mol. The number of nitrogens with two attached hydrogens (primary N) is 2. The van der Waals surface area contributed by atoms with Crippen LogP contribution in [0.3, 0.4) is 0 Å². The molecule has 0 aromatic heterocycles. The van der Waals surface area contributed by atoms with Gasteiger partial charge in [0.15, 0.2) is 0 Å². The van der Waals surface area contributed by atoms with Crippen LogP contribution < -0.4 is 20.9 Å². The zero-order chi connectivity index (χ0) is 20.5. The molecule has 0 aliphatic carbocycles. The van der Waals surface area contributed by atoms with Crippen LogP contribution in [0, 0.1) is 0 Å². The molecule has 0 saturated carbocycles. The van der Waals surface area contributed by atoms with E-state index in [0.717, 1.165) is 11.1 Å². The number of hydrogen-bond acceptors (Lipinski definition) is 6. The number of ether oxygens (including phenoxy) is 2. The van der Waals surface area contributed by atoms with Gasteiger partial charge >= 0.3 is 11.9 Å². The number of hydrogen-bond donors (Lipinski definition) is 4. The fourth-order valence-electron chi connectivity index (χ4n) is 2.49. The third-order valence-electron chi connectivity index (χ3n) is 3.95. The molecule has 0 radical (unpaired) electrons. The van der Waals surface area contributed by atoms with Gasteiger partial charge in [0, 0.05) is 12.8 Å². The van der Waals surface area contributed by atoms with Crippen LogP contribution >= 0.6 is 24.8 Å². The van der Waals surface area contributed by atoms with E-state index in [9.17, 15) is 9.59 Å². The summed E-state index contributed by atoms with van der Waals surface area (Å²) in [6.07, 6.45) is 0.824. The van der Waals surface area contributed by atoms with Gasteiger partial charge in [0.1, 0.15) is 11.5 Å². The van der Waals surface area contributed by atoms with Gasteiger partial charge in [0.05, 0.1) is 24.6 Å². The third-order valence-corrected chi connectivity index (χ3v) is 3.95. The summed E-state index contributed by atoms with van der Waals surface area (Å²) in [7, 11) is 0. The molecule has 0 spiro atoms. The smallest absolute Gasteiger partial charge is 0.303 e. The van der Waals surface area contributed by atoms with Crippen molar-refractivity contribution in [3.8, 4) is 22.6 Å². The average molecular weight is 461 g/mol. The van der Waals surface area contributed by atoms with Gasteiger partial charge in [-0.15, -0.1) is 24.8 Å². The maximum atomic E-state index is 10.6. The summed E-state index contributed by atoms with van der Waals surface area (Å²) < 4.78 is 11.2. The van der Waals surface area contributed by atoms with E-state index >= 15 is 0 Å². The quantitative estimate of drug-likeness (QED) is 0.292. The zero-order valence-electron chi connectivity index (χ0n) is 16.2. The number of carbonyl (C=O) groups is 2. The van der Waals surface area contributed by atoms with Crippen molar-refractivity contribution in [1.29, 1.82) is 0 Å². The third kappa shape index (κ3) is 8.67. The first kappa shape index (κ1) is 27.2. The summed E-state index contributed by atoms with van der Waals surface area (Å²) in [4.78, 5) is 21.1. The highest BCUT2D eigenvalue weighted by atomic mass is 35.5. The number of benzene rings is 2. The Hall–Kier alpha value is -2.84. The van der Waals surface area contributed by atoms with Crippen molar-refractivity contribution < 1.29 is 29.3 Å². The lowest BCUT2D eigenvalue weighted by Crippen LogP contribution is -2.04. The Bertz CT molecular complexity index is 779. The van der Waals surface area contributed by atoms with E-state index < -0.39 is 11.9 Å². The zero-order valence-corrected chi connectivity index (χ0v) is 17.8. The second kappa shape index (κ2) is 13.4. The highest BCUT2D eigenvalue weighted by Crippen LogP contribution is 2.33. The highest BCUT2D eigenvalue weighted by molar-refractivity contribution is 5.85. The lowest BCUT2D eigenvalue weighted by Gasteiger charge is -2.13. The molecule has 10 heteroatoms. The molecule has 0 aliphatic heterocycles. The van der Waals surface area contributed by atoms with Gasteiger partial charge in [0.25, 0.3) is 0 Å². The van der Waals surface area contributed by atoms with Gasteiger partial charge in [0.2, 0.25) is 0 Å². The number of anilines is 2. The first-order valence-corrected chi connectivity index (χ1v) is 8.85. The summed E-state index contributed by atoms with van der Waals surface area (Å²) in [5.74, 6) is -0.793. The first-order valence-electron chi connectivity index (χ1n) is 8.85. The molecule has 0 atom stereocenters. The van der Waals surface area contributed by atoms with Crippen LogP contribution in [0.15, 0.2) is 36.4 Å². The Balaban J connectivity index is 0.00000420. The van der Waals surface area contributed by atoms with Gasteiger partial charge in [-0.05, 0) is 48.2 Å². The van der Waals surface area contributed by atoms with E-state index in [0.29, 0.717) is 35.7 Å². The number of aliphatic carboxylic acids is 2. The molecule has 166 valence electrons. The van der Waals surface area contributed by atoms with Crippen molar-refractivity contribution in [2.24, 2.45) is 0 Å². The Labute approximate surface area is 187 Å². The number of rotatable bonds is 11. The summed E-state index contributed by atoms with van der Waals surface area (Å²) in [5, 5.41) is 17.4. The van der Waals surface area contributed by atoms with Crippen LogP contribution in [-0.4, -0.2) is 35.4 Å². The van der Waals surface area contributed by atoms with Crippen molar-refractivity contribution in [2.45, 2.75) is 25.7 Å². The Morgan fingerprint density at radius 1 is 0.733 bits per heavy atom. The van der Waals surface area contributed by atoms with E-state index in [4.69, 9.17) is 31.2 Å². The van der Waals surface area contributed by atoms with Crippen LogP contribution in [0.2, 0.25) is 0 Å². The van der Waals surface area contributed by atoms with Crippen molar-refractivity contribution >= 4 is 48.1 Å². The second-order valence-corrected chi connectivity index (χ2v) is 6.20. The molecular formula is C20H26Cl2N2O6. The minimum atomic E-state index is -0.872. The molecule has 2 rings (SSSR count). The maximum Gasteiger partial charge on any atom is 0.303 e. The molecule has 0 aliphatic rings. The Morgan fingerprint density at radius 3 is 1.43 bits per heavy atom. The molecule has 8 nitrogen and oxygen atoms in total. The SMILES string of the molecule is Cl.Cl.Nc1ccc(-c2ccc(N)c(OCCCC(=O)O)c2)cc1OCCCC(=O)O. The fraction of sp³-hybridized carbons (Fsp3) is 0.300. The second-order valence-electron chi connectivity index (χ2n) is 6.20. The van der Waals surface area contributed by atoms with E-state index in [1.807, 2.05) is 12.1 Å². The molecule has 6 N–H and O–H groups in total. The van der Waals surface area contributed by atoms with Crippen LogP contribution in [0.1, 0.15) is 25.7 Å². The minimum absolute atomic E-state index is 0. The summed E-state index contributed by atoms with van der Waals surface area (Å²) in [6.45, 7) is 0.499. The lowest BCUT2D eigenvalue weighted by molar-refractivity contribution is -0.138. The van der Waals surface area contributed by atoms with Crippen molar-refractivity contribution in [1.82, 2.24) is 0 Å². The van der Waals surface area contributed by atoms with E-state index in [1.165, 1.54) is 0 Å². The Kier molecular flexibility index (Phi) is 12.1. The summed E-state index contributed by atoms with van der Waals surface area (Å²) in [6, 6.07) is 10.6. The van der Waals surface area contributed by atoms with Gasteiger partial charge in [-0.2, -0.15) is 0 Å². The number of halogens is 2. The van der Waals surface area contributed by atoms with Crippen LogP contribution in [0.5, 0.6) is 11.5 Å². The highest BCUT2D eigenvalue weighted by Gasteiger charge is 2.09. The number of nitrogen functional groups attached to an aromatic ring is 2. The molecule has 0 heterocycles. The molecule has 0 unspecified atom stereocenters. The normalized spacial score (nSPS) is 9.73. The number of carboxylic acids is 2. The standard InChI is InChI=1S/C20H24N2O6.2ClH/c21-15-7-5-13(11-17(15)27-9-1-3-19(23)24)14-6-8-16(22)18(12-14)28-10-2-4-20(25)26;;/h5-8,11-12H,1-4,9-10,21-22H2,(H,23,24)(H,25,26);2*1H. The average Bonchev–Trinajstić information content (AvgIpc) is 2.64. The molecule has 0 saturated heterocycles. The molecule has 0 bridgehead atoms. The summed E-state index contributed by atoms with van der Waals surface area (Å²) in [5.41, 5.74) is 14.4. The molecule has 2 aromatic carbocycles. The van der Waals surface area contributed by atoms with Crippen LogP contribution in [0.4, 0.5) is 11.4 Å². The van der Waals surface area contributed by atoms with Gasteiger partial charge in [-0.25, -0.2) is 0 Å². The monoisotopic (exact) mass is 460 g/mol. The predicted octanol–water partition coefficient (Wildman–Crippen LogP) is 3.85. The van der Waals surface area contributed by atoms with Crippen LogP contribution in [-0.2, 0) is 9.59 Å². The number of carboxylic acid groups (broad SMARTS) is 2. The van der Waals surface area contributed by atoms with Crippen LogP contribution in [0.25, 0.3) is 11.1 Å². The molecule has 2 aromatic rings. The molecule has 0 fully saturated rings. The van der Waals surface area contributed by atoms with E-state index in [-0.39, 0.29) is 50.9 Å². The van der Waals surface area contributed by atoms with Crippen molar-refractivity contribution in [3.63, 3.8) is 0 Å². The van der Waals surface area contributed by atoms with Crippen molar-refractivity contribution in [3.05, 3.63) is 36.4 Å². The fourth-order valence-corrected chi connectivity index (χ4v) is 2.49. The predicted molar refractivity (Wildman–Crippen MR) is 120 cm³/mol. The van der Waals surface area contributed by atoms with E-state index in [1.54, 1.807) is 24.3 Å². The molecule has 0 amide bonds. The maximum absolute atomic E-state index is 10.6. The van der Waals surface area contributed by atoms with E-state index in [2.05, 4.69) is 0 Å². The lowest BCUT2D eigenvalue weighted by atomic mass is 10.0. The van der Waals surface area contributed by atoms with Gasteiger partial charge in [-0.1, -0.05) is 12.1 Å². The van der Waals surface area contributed by atoms with Crippen molar-refractivity contribution in [2.75, 3.05) is 24.7 Å². The molecule has 30 heavy (non-hydrogen) atoms. The topological polar surface area (TPSA) is 145 Å². The van der Waals surface area contributed by atoms with Gasteiger partial charge in [-0.3, -0.25) is 9.59 Å². The first-order chi connectivity index (χ1) is 13.4. The summed E-state index contributed by atoms with van der Waals surface area (Å²) >= 11 is 0. The Morgan fingerprint density at radius 2 is 1.10 bits per heavy atom. The largest absolute Gasteiger partial charge is 0.491 e. The minimum Gasteiger partial charge on any atom is -0.491 e. The van der Waals surface area contributed by atoms with Gasteiger partial charge < -0.3 is 31.2 Å².